The van der Waals surface area contributed by atoms with Gasteiger partial charge < -0.3 is 10.1 Å². The number of hydrogen-bond donors (Lipinski definition) is 1. The van der Waals surface area contributed by atoms with Crippen molar-refractivity contribution in [2.75, 3.05) is 39.2 Å². The van der Waals surface area contributed by atoms with Crippen LogP contribution in [0.3, 0.4) is 0 Å². The van der Waals surface area contributed by atoms with Crippen LogP contribution in [-0.4, -0.2) is 48.3 Å². The molecule has 0 aliphatic carbocycles. The van der Waals surface area contributed by atoms with Gasteiger partial charge in [0, 0.05) is 38.8 Å². The van der Waals surface area contributed by atoms with Crippen LogP contribution in [0, 0.1) is 0 Å². The highest BCUT2D eigenvalue weighted by molar-refractivity contribution is 7.10. The van der Waals surface area contributed by atoms with Crippen LogP contribution in [0.5, 0.6) is 0 Å². The van der Waals surface area contributed by atoms with Gasteiger partial charge in [0.1, 0.15) is 10.7 Å². The Morgan fingerprint density at radius 3 is 2.93 bits per heavy atom. The molecule has 6 heteroatoms. The van der Waals surface area contributed by atoms with Crippen LogP contribution >= 0.6 is 11.5 Å². The van der Waals surface area contributed by atoms with Crippen molar-refractivity contribution in [2.24, 2.45) is 0 Å². The Morgan fingerprint density at radius 2 is 2.33 bits per heavy atom. The number of methoxy groups -OCH3 is 1. The first kappa shape index (κ1) is 12.4. The summed E-state index contributed by atoms with van der Waals surface area (Å²) < 4.78 is 8.99. The van der Waals surface area contributed by atoms with Gasteiger partial charge >= 0.3 is 0 Å². The molecule has 1 N–H and O–H groups in total. The van der Waals surface area contributed by atoms with E-state index in [-0.39, 0.29) is 0 Å². The molecule has 5 nitrogen and oxygen atoms in total. The molecule has 0 aromatic carbocycles. The molecule has 86 valence electrons. The summed E-state index contributed by atoms with van der Waals surface area (Å²) in [6, 6.07) is 0. The van der Waals surface area contributed by atoms with Gasteiger partial charge in [-0.1, -0.05) is 11.4 Å². The number of nitrogens with one attached hydrogen (secondary N) is 1. The lowest BCUT2D eigenvalue weighted by molar-refractivity contribution is 0.147. The molecule has 0 radical (unpaired) electrons. The average Bonchev–Trinajstić information content (AvgIpc) is 2.71. The van der Waals surface area contributed by atoms with Crippen LogP contribution in [0.15, 0.2) is 0 Å². The van der Waals surface area contributed by atoms with Crippen molar-refractivity contribution in [3.8, 4) is 0 Å². The molecule has 1 aromatic heterocycles. The van der Waals surface area contributed by atoms with Gasteiger partial charge in [-0.3, -0.25) is 4.90 Å². The van der Waals surface area contributed by atoms with E-state index in [0.29, 0.717) is 0 Å². The largest absolute Gasteiger partial charge is 0.383 e. The van der Waals surface area contributed by atoms with Gasteiger partial charge in [-0.05, 0) is 6.54 Å². The molecule has 0 unspecified atom stereocenters. The van der Waals surface area contributed by atoms with Gasteiger partial charge in [-0.15, -0.1) is 5.10 Å². The third-order valence-corrected chi connectivity index (χ3v) is 3.00. The van der Waals surface area contributed by atoms with E-state index in [0.717, 1.165) is 36.9 Å². The zero-order chi connectivity index (χ0) is 11.1. The molecule has 15 heavy (non-hydrogen) atoms. The van der Waals surface area contributed by atoms with E-state index in [4.69, 9.17) is 4.74 Å². The fourth-order valence-corrected chi connectivity index (χ4v) is 1.81. The molecule has 1 aromatic rings. The Hall–Kier alpha value is -0.720. The van der Waals surface area contributed by atoms with Crippen LogP contribution in [-0.2, 0) is 11.3 Å². The maximum Gasteiger partial charge on any atom is 0.134 e. The summed E-state index contributed by atoms with van der Waals surface area (Å²) in [6.07, 6.45) is 0. The lowest BCUT2D eigenvalue weighted by atomic mass is 10.4. The smallest absolute Gasteiger partial charge is 0.134 e. The van der Waals surface area contributed by atoms with Gasteiger partial charge in [0.25, 0.3) is 0 Å². The highest BCUT2D eigenvalue weighted by Crippen LogP contribution is 2.18. The Labute approximate surface area is 94.6 Å². The van der Waals surface area contributed by atoms with E-state index < -0.39 is 0 Å². The number of anilines is 1. The number of aromatic nitrogens is 2. The number of likely N-dealkylation sites (N-methyl/N-ethyl adjacent to an activating group) is 1. The summed E-state index contributed by atoms with van der Waals surface area (Å²) in [7, 11) is 3.61. The van der Waals surface area contributed by atoms with Crippen molar-refractivity contribution < 1.29 is 4.74 Å². The zero-order valence-electron chi connectivity index (χ0n) is 9.49. The summed E-state index contributed by atoms with van der Waals surface area (Å²) in [5.74, 6) is 0. The maximum absolute atomic E-state index is 5.06. The Kier molecular flexibility index (Phi) is 5.52. The summed E-state index contributed by atoms with van der Waals surface area (Å²) in [6.45, 7) is 5.62. The highest BCUT2D eigenvalue weighted by atomic mass is 32.1. The third kappa shape index (κ3) is 3.73. The molecule has 0 bridgehead atoms. The molecule has 0 spiro atoms. The second-order valence-electron chi connectivity index (χ2n) is 3.16. The van der Waals surface area contributed by atoms with Crippen LogP contribution < -0.4 is 5.32 Å². The zero-order valence-corrected chi connectivity index (χ0v) is 10.3. The molecule has 0 saturated heterocycles. The molecule has 0 aliphatic heterocycles. The number of nitrogens with zero attached hydrogens (tertiary/aromatic N) is 3. The SMILES string of the molecule is CCN(CCOC)Cc1nnsc1NC. The van der Waals surface area contributed by atoms with Crippen molar-refractivity contribution >= 4 is 16.5 Å². The molecule has 0 amide bonds. The summed E-state index contributed by atoms with van der Waals surface area (Å²) in [5, 5.41) is 8.25. The monoisotopic (exact) mass is 230 g/mol. The van der Waals surface area contributed by atoms with Crippen molar-refractivity contribution in [1.29, 1.82) is 0 Å². The number of rotatable bonds is 7. The first-order valence-electron chi connectivity index (χ1n) is 5.02. The minimum absolute atomic E-state index is 0.750. The van der Waals surface area contributed by atoms with E-state index >= 15 is 0 Å². The summed E-state index contributed by atoms with van der Waals surface area (Å²) >= 11 is 1.40. The summed E-state index contributed by atoms with van der Waals surface area (Å²) in [5.41, 5.74) is 1.01. The van der Waals surface area contributed by atoms with Crippen LogP contribution in [0.4, 0.5) is 5.00 Å². The van der Waals surface area contributed by atoms with Crippen molar-refractivity contribution in [3.63, 3.8) is 0 Å². The van der Waals surface area contributed by atoms with Crippen molar-refractivity contribution in [1.82, 2.24) is 14.5 Å². The van der Waals surface area contributed by atoms with Crippen LogP contribution in [0.25, 0.3) is 0 Å². The molecule has 0 saturated carbocycles. The number of hydrogen-bond acceptors (Lipinski definition) is 6. The van der Waals surface area contributed by atoms with Crippen LogP contribution in [0.1, 0.15) is 12.6 Å². The van der Waals surface area contributed by atoms with E-state index in [9.17, 15) is 0 Å². The molecular formula is C9H18N4OS. The third-order valence-electron chi connectivity index (χ3n) is 2.22. The lowest BCUT2D eigenvalue weighted by Crippen LogP contribution is -2.27. The predicted molar refractivity (Wildman–Crippen MR) is 62.3 cm³/mol. The molecule has 0 aliphatic rings. The minimum Gasteiger partial charge on any atom is -0.383 e. The second-order valence-corrected chi connectivity index (χ2v) is 3.91. The van der Waals surface area contributed by atoms with E-state index in [1.165, 1.54) is 11.5 Å². The Morgan fingerprint density at radius 1 is 1.53 bits per heavy atom. The van der Waals surface area contributed by atoms with Gasteiger partial charge in [0.2, 0.25) is 0 Å². The predicted octanol–water partition coefficient (Wildman–Crippen LogP) is 1.05. The second kappa shape index (κ2) is 6.71. The fourth-order valence-electron chi connectivity index (χ4n) is 1.28. The Bertz CT molecular complexity index is 279. The highest BCUT2D eigenvalue weighted by Gasteiger charge is 2.10. The fraction of sp³-hybridized carbons (Fsp3) is 0.778. The summed E-state index contributed by atoms with van der Waals surface area (Å²) in [4.78, 5) is 2.28. The maximum atomic E-state index is 5.06. The molecule has 1 rings (SSSR count). The van der Waals surface area contributed by atoms with Crippen LogP contribution in [0.2, 0.25) is 0 Å². The molecule has 0 atom stereocenters. The average molecular weight is 230 g/mol. The number of ether oxygens (including phenoxy) is 1. The van der Waals surface area contributed by atoms with Gasteiger partial charge in [0.15, 0.2) is 0 Å². The van der Waals surface area contributed by atoms with E-state index in [1.54, 1.807) is 7.11 Å². The standard InChI is InChI=1S/C9H18N4OS/c1-4-13(5-6-14-3)7-8-9(10-2)15-12-11-8/h10H,4-7H2,1-3H3. The van der Waals surface area contributed by atoms with Gasteiger partial charge in [-0.25, -0.2) is 0 Å². The Balaban J connectivity index is 2.50. The quantitative estimate of drug-likeness (QED) is 0.758. The lowest BCUT2D eigenvalue weighted by Gasteiger charge is -2.18. The van der Waals surface area contributed by atoms with Crippen molar-refractivity contribution in [2.45, 2.75) is 13.5 Å². The topological polar surface area (TPSA) is 50.3 Å². The van der Waals surface area contributed by atoms with E-state index in [1.807, 2.05) is 7.05 Å². The normalized spacial score (nSPS) is 10.9. The molecule has 0 fully saturated rings. The molecular weight excluding hydrogens is 212 g/mol. The minimum atomic E-state index is 0.750. The van der Waals surface area contributed by atoms with Gasteiger partial charge in [-0.2, -0.15) is 0 Å². The van der Waals surface area contributed by atoms with Crippen molar-refractivity contribution in [3.05, 3.63) is 5.69 Å². The first-order valence-corrected chi connectivity index (χ1v) is 5.79. The van der Waals surface area contributed by atoms with Gasteiger partial charge in [0.05, 0.1) is 6.61 Å². The van der Waals surface area contributed by atoms with E-state index in [2.05, 4.69) is 26.7 Å². The molecule has 1 heterocycles. The first-order chi connectivity index (χ1) is 7.31.